The fourth-order valence-electron chi connectivity index (χ4n) is 2.10. The third kappa shape index (κ3) is 4.74. The molecular weight excluding hydrogens is 292 g/mol. The number of nitrogens with zero attached hydrogens (tertiary/aromatic N) is 2. The summed E-state index contributed by atoms with van der Waals surface area (Å²) in [5.41, 5.74) is 1.54. The molecule has 2 rings (SSSR count). The van der Waals surface area contributed by atoms with Crippen LogP contribution in [0.15, 0.2) is 24.3 Å². The maximum absolute atomic E-state index is 5.37. The van der Waals surface area contributed by atoms with Gasteiger partial charge in [0.1, 0.15) is 17.3 Å². The van der Waals surface area contributed by atoms with E-state index in [4.69, 9.17) is 9.47 Å². The molecule has 0 saturated carbocycles. The van der Waals surface area contributed by atoms with E-state index >= 15 is 0 Å². The Labute approximate surface area is 137 Å². The first-order chi connectivity index (χ1) is 10.8. The third-order valence-electron chi connectivity index (χ3n) is 3.01. The Kier molecular flexibility index (Phi) is 4.93. The zero-order valence-electron chi connectivity index (χ0n) is 14.5. The van der Waals surface area contributed by atoms with Gasteiger partial charge in [0.15, 0.2) is 0 Å². The van der Waals surface area contributed by atoms with Gasteiger partial charge in [0.25, 0.3) is 0 Å². The lowest BCUT2D eigenvalue weighted by atomic mass is 10.1. The van der Waals surface area contributed by atoms with Crippen molar-refractivity contribution in [3.05, 3.63) is 30.0 Å². The van der Waals surface area contributed by atoms with Crippen LogP contribution in [0.1, 0.15) is 26.5 Å². The number of nitrogens with one attached hydrogen (secondary N) is 2. The van der Waals surface area contributed by atoms with E-state index in [9.17, 15) is 0 Å². The second kappa shape index (κ2) is 6.73. The van der Waals surface area contributed by atoms with E-state index in [0.29, 0.717) is 11.7 Å². The predicted molar refractivity (Wildman–Crippen MR) is 93.0 cm³/mol. The Morgan fingerprint density at radius 2 is 1.74 bits per heavy atom. The van der Waals surface area contributed by atoms with Crippen LogP contribution in [0, 0.1) is 6.92 Å². The summed E-state index contributed by atoms with van der Waals surface area (Å²) in [5.74, 6) is 2.70. The van der Waals surface area contributed by atoms with Gasteiger partial charge in [0, 0.05) is 23.4 Å². The molecule has 23 heavy (non-hydrogen) atoms. The smallest absolute Gasteiger partial charge is 0.229 e. The average Bonchev–Trinajstić information content (AvgIpc) is 2.44. The van der Waals surface area contributed by atoms with Gasteiger partial charge in [-0.1, -0.05) is 0 Å². The van der Waals surface area contributed by atoms with Crippen LogP contribution < -0.4 is 20.1 Å². The van der Waals surface area contributed by atoms with Crippen LogP contribution >= 0.6 is 0 Å². The molecule has 0 bridgehead atoms. The van der Waals surface area contributed by atoms with Crippen LogP contribution in [0.3, 0.4) is 0 Å². The van der Waals surface area contributed by atoms with Gasteiger partial charge in [0.05, 0.1) is 19.9 Å². The van der Waals surface area contributed by atoms with Gasteiger partial charge in [-0.15, -0.1) is 0 Å². The lowest BCUT2D eigenvalue weighted by Crippen LogP contribution is -2.27. The van der Waals surface area contributed by atoms with E-state index in [-0.39, 0.29) is 5.54 Å². The van der Waals surface area contributed by atoms with Crippen LogP contribution in [0.5, 0.6) is 11.5 Å². The number of rotatable bonds is 5. The molecule has 0 aliphatic heterocycles. The first-order valence-electron chi connectivity index (χ1n) is 7.43. The van der Waals surface area contributed by atoms with Crippen molar-refractivity contribution in [2.24, 2.45) is 0 Å². The summed E-state index contributed by atoms with van der Waals surface area (Å²) in [5, 5.41) is 6.55. The van der Waals surface area contributed by atoms with Gasteiger partial charge in [0.2, 0.25) is 5.95 Å². The van der Waals surface area contributed by atoms with Gasteiger partial charge in [-0.25, -0.2) is 4.98 Å². The zero-order valence-corrected chi connectivity index (χ0v) is 14.5. The number of hydrogen-bond donors (Lipinski definition) is 2. The SMILES string of the molecule is COc1ccc(OC)c(Nc2nc(C)cc(NC(C)(C)C)n2)c1. The normalized spacial score (nSPS) is 11.0. The second-order valence-electron chi connectivity index (χ2n) is 6.28. The molecule has 0 aliphatic carbocycles. The fraction of sp³-hybridized carbons (Fsp3) is 0.412. The van der Waals surface area contributed by atoms with E-state index in [2.05, 4.69) is 41.4 Å². The molecule has 1 aromatic heterocycles. The van der Waals surface area contributed by atoms with Crippen LogP contribution in [-0.2, 0) is 0 Å². The highest BCUT2D eigenvalue weighted by molar-refractivity contribution is 5.65. The molecule has 0 spiro atoms. The topological polar surface area (TPSA) is 68.3 Å². The first-order valence-corrected chi connectivity index (χ1v) is 7.43. The van der Waals surface area contributed by atoms with Crippen molar-refractivity contribution in [1.82, 2.24) is 9.97 Å². The summed E-state index contributed by atoms with van der Waals surface area (Å²) in [4.78, 5) is 8.95. The lowest BCUT2D eigenvalue weighted by Gasteiger charge is -2.22. The van der Waals surface area contributed by atoms with Crippen LogP contribution in [0.25, 0.3) is 0 Å². The van der Waals surface area contributed by atoms with E-state index in [1.165, 1.54) is 0 Å². The number of hydrogen-bond acceptors (Lipinski definition) is 6. The van der Waals surface area contributed by atoms with Crippen molar-refractivity contribution in [2.75, 3.05) is 24.9 Å². The summed E-state index contributed by atoms with van der Waals surface area (Å²) in [6.07, 6.45) is 0. The molecule has 1 aromatic carbocycles. The van der Waals surface area contributed by atoms with Gasteiger partial charge >= 0.3 is 0 Å². The quantitative estimate of drug-likeness (QED) is 0.875. The minimum Gasteiger partial charge on any atom is -0.497 e. The number of ether oxygens (including phenoxy) is 2. The molecule has 1 heterocycles. The molecule has 0 aliphatic rings. The van der Waals surface area contributed by atoms with Crippen molar-refractivity contribution in [1.29, 1.82) is 0 Å². The molecule has 124 valence electrons. The Hall–Kier alpha value is -2.50. The summed E-state index contributed by atoms with van der Waals surface area (Å²) in [6, 6.07) is 7.44. The number of methoxy groups -OCH3 is 2. The van der Waals surface area contributed by atoms with Gasteiger partial charge in [-0.05, 0) is 39.8 Å². The predicted octanol–water partition coefficient (Wildman–Crippen LogP) is 3.76. The molecule has 2 aromatic rings. The van der Waals surface area contributed by atoms with Gasteiger partial charge < -0.3 is 20.1 Å². The maximum atomic E-state index is 5.37. The molecule has 6 heteroatoms. The summed E-state index contributed by atoms with van der Waals surface area (Å²) in [7, 11) is 3.25. The van der Waals surface area contributed by atoms with Crippen LogP contribution in [-0.4, -0.2) is 29.7 Å². The number of aryl methyl sites for hydroxylation is 1. The van der Waals surface area contributed by atoms with Gasteiger partial charge in [-0.3, -0.25) is 0 Å². The van der Waals surface area contributed by atoms with Crippen molar-refractivity contribution in [3.63, 3.8) is 0 Å². The summed E-state index contributed by atoms with van der Waals surface area (Å²) >= 11 is 0. The lowest BCUT2D eigenvalue weighted by molar-refractivity contribution is 0.405. The van der Waals surface area contributed by atoms with E-state index in [1.807, 2.05) is 31.2 Å². The Bertz CT molecular complexity index is 681. The van der Waals surface area contributed by atoms with Crippen LogP contribution in [0.2, 0.25) is 0 Å². The van der Waals surface area contributed by atoms with Crippen molar-refractivity contribution >= 4 is 17.5 Å². The monoisotopic (exact) mass is 316 g/mol. The minimum absolute atomic E-state index is 0.0777. The Balaban J connectivity index is 2.33. The van der Waals surface area contributed by atoms with Gasteiger partial charge in [-0.2, -0.15) is 4.98 Å². The van der Waals surface area contributed by atoms with Crippen molar-refractivity contribution in [3.8, 4) is 11.5 Å². The highest BCUT2D eigenvalue weighted by Crippen LogP contribution is 2.31. The highest BCUT2D eigenvalue weighted by atomic mass is 16.5. The largest absolute Gasteiger partial charge is 0.497 e. The third-order valence-corrected chi connectivity index (χ3v) is 3.01. The molecule has 0 saturated heterocycles. The molecule has 0 unspecified atom stereocenters. The summed E-state index contributed by atoms with van der Waals surface area (Å²) < 4.78 is 10.6. The zero-order chi connectivity index (χ0) is 17.0. The van der Waals surface area contributed by atoms with Crippen molar-refractivity contribution in [2.45, 2.75) is 33.2 Å². The molecule has 0 atom stereocenters. The first kappa shape index (κ1) is 16.9. The fourth-order valence-corrected chi connectivity index (χ4v) is 2.10. The van der Waals surface area contributed by atoms with E-state index < -0.39 is 0 Å². The standard InChI is InChI=1S/C17H24N4O2/c1-11-9-15(21-17(2,3)4)20-16(18-11)19-13-10-12(22-5)7-8-14(13)23-6/h7-10H,1-6H3,(H2,18,19,20,21). The maximum Gasteiger partial charge on any atom is 0.229 e. The minimum atomic E-state index is -0.0777. The average molecular weight is 316 g/mol. The molecule has 0 radical (unpaired) electrons. The number of aromatic nitrogens is 2. The second-order valence-corrected chi connectivity index (χ2v) is 6.28. The number of benzene rings is 1. The molecule has 2 N–H and O–H groups in total. The van der Waals surface area contributed by atoms with E-state index in [0.717, 1.165) is 22.9 Å². The van der Waals surface area contributed by atoms with Crippen LogP contribution in [0.4, 0.5) is 17.5 Å². The van der Waals surface area contributed by atoms with E-state index in [1.54, 1.807) is 14.2 Å². The Morgan fingerprint density at radius 3 is 2.35 bits per heavy atom. The van der Waals surface area contributed by atoms with Crippen molar-refractivity contribution < 1.29 is 9.47 Å². The highest BCUT2D eigenvalue weighted by Gasteiger charge is 2.13. The summed E-state index contributed by atoms with van der Waals surface area (Å²) in [6.45, 7) is 8.19. The molecule has 0 fully saturated rings. The number of anilines is 3. The Morgan fingerprint density at radius 1 is 1.00 bits per heavy atom. The molecule has 0 amide bonds. The molecule has 6 nitrogen and oxygen atoms in total. The molecular formula is C17H24N4O2.